The predicted molar refractivity (Wildman–Crippen MR) is 94.9 cm³/mol. The number of phenolic OH excluding ortho intramolecular Hbond substituents is 2. The Morgan fingerprint density at radius 1 is 1.04 bits per heavy atom. The number of rotatable bonds is 4. The Morgan fingerprint density at radius 2 is 1.70 bits per heavy atom. The monoisotopic (exact) mass is 423 g/mol. The van der Waals surface area contributed by atoms with E-state index >= 15 is 0 Å². The summed E-state index contributed by atoms with van der Waals surface area (Å²) in [7, 11) is 0. The first kappa shape index (κ1) is 15.7. The van der Waals surface area contributed by atoms with E-state index in [0.29, 0.717) is 6.54 Å². The average Bonchev–Trinajstić information content (AvgIpc) is 2.74. The largest absolute Gasteiger partial charge is 0.508 e. The molecule has 0 saturated carbocycles. The van der Waals surface area contributed by atoms with Gasteiger partial charge in [-0.25, -0.2) is 0 Å². The maximum Gasteiger partial charge on any atom is 0.307 e. The van der Waals surface area contributed by atoms with Crippen LogP contribution in [0.2, 0.25) is 0 Å². The normalized spacial score (nSPS) is 11.0. The number of hydrogen-bond donors (Lipinski definition) is 3. The summed E-state index contributed by atoms with van der Waals surface area (Å²) in [5.74, 6) is -0.551. The molecule has 23 heavy (non-hydrogen) atoms. The van der Waals surface area contributed by atoms with Gasteiger partial charge in [0.1, 0.15) is 11.5 Å². The van der Waals surface area contributed by atoms with E-state index in [2.05, 4.69) is 22.6 Å². The van der Waals surface area contributed by atoms with Gasteiger partial charge in [0.15, 0.2) is 0 Å². The van der Waals surface area contributed by atoms with Crippen LogP contribution < -0.4 is 0 Å². The van der Waals surface area contributed by atoms with Gasteiger partial charge in [0.05, 0.1) is 15.6 Å². The van der Waals surface area contributed by atoms with Crippen molar-refractivity contribution in [2.24, 2.45) is 0 Å². The van der Waals surface area contributed by atoms with Gasteiger partial charge in [-0.2, -0.15) is 0 Å². The summed E-state index contributed by atoms with van der Waals surface area (Å²) in [5, 5.41) is 29.1. The molecule has 1 heterocycles. The summed E-state index contributed by atoms with van der Waals surface area (Å²) in [6.07, 6.45) is -0.0673. The van der Waals surface area contributed by atoms with Crippen molar-refractivity contribution in [3.05, 3.63) is 57.3 Å². The molecule has 1 aromatic heterocycles. The van der Waals surface area contributed by atoms with Gasteiger partial charge in [-0.3, -0.25) is 4.79 Å². The van der Waals surface area contributed by atoms with Gasteiger partial charge in [0.2, 0.25) is 0 Å². The topological polar surface area (TPSA) is 82.7 Å². The molecule has 3 N–H and O–H groups in total. The van der Waals surface area contributed by atoms with Gasteiger partial charge in [0.25, 0.3) is 0 Å². The number of aromatic nitrogens is 1. The van der Waals surface area contributed by atoms with Gasteiger partial charge in [-0.15, -0.1) is 0 Å². The Kier molecular flexibility index (Phi) is 4.16. The van der Waals surface area contributed by atoms with E-state index in [1.807, 2.05) is 16.7 Å². The molecule has 0 aliphatic carbocycles. The third-order valence-electron chi connectivity index (χ3n) is 3.69. The molecule has 3 aromatic rings. The standard InChI is InChI=1S/C17H14INO4/c18-17-14(8-16(22)23)13-6-5-12(21)7-15(13)19(17)9-10-1-3-11(20)4-2-10/h1-7,20-21H,8-9H2,(H,22,23). The molecule has 0 aliphatic heterocycles. The van der Waals surface area contributed by atoms with Crippen LogP contribution >= 0.6 is 22.6 Å². The number of carboxylic acids is 1. The fourth-order valence-electron chi connectivity index (χ4n) is 2.64. The van der Waals surface area contributed by atoms with Crippen LogP contribution in [0.15, 0.2) is 42.5 Å². The second kappa shape index (κ2) is 6.11. The van der Waals surface area contributed by atoms with Crippen molar-refractivity contribution >= 4 is 39.5 Å². The second-order valence-corrected chi connectivity index (χ2v) is 6.32. The molecule has 118 valence electrons. The fourth-order valence-corrected chi connectivity index (χ4v) is 3.55. The van der Waals surface area contributed by atoms with Crippen molar-refractivity contribution in [3.8, 4) is 11.5 Å². The highest BCUT2D eigenvalue weighted by atomic mass is 127. The van der Waals surface area contributed by atoms with E-state index in [9.17, 15) is 15.0 Å². The molecule has 0 amide bonds. The number of aliphatic carboxylic acids is 1. The molecule has 0 radical (unpaired) electrons. The summed E-state index contributed by atoms with van der Waals surface area (Å²) in [6, 6.07) is 11.8. The van der Waals surface area contributed by atoms with Crippen LogP contribution in [0.4, 0.5) is 0 Å². The lowest BCUT2D eigenvalue weighted by atomic mass is 10.1. The number of nitrogens with zero attached hydrogens (tertiary/aromatic N) is 1. The van der Waals surface area contributed by atoms with Crippen molar-refractivity contribution in [1.29, 1.82) is 0 Å². The van der Waals surface area contributed by atoms with Crippen molar-refractivity contribution in [1.82, 2.24) is 4.57 Å². The van der Waals surface area contributed by atoms with Crippen LogP contribution in [0.5, 0.6) is 11.5 Å². The van der Waals surface area contributed by atoms with Crippen molar-refractivity contribution < 1.29 is 20.1 Å². The third kappa shape index (κ3) is 3.12. The Bertz CT molecular complexity index is 884. The molecule has 0 spiro atoms. The molecule has 5 nitrogen and oxygen atoms in total. The molecule has 6 heteroatoms. The summed E-state index contributed by atoms with van der Waals surface area (Å²) in [5.41, 5.74) is 2.51. The summed E-state index contributed by atoms with van der Waals surface area (Å²) in [4.78, 5) is 11.1. The van der Waals surface area contributed by atoms with E-state index in [-0.39, 0.29) is 17.9 Å². The smallest absolute Gasteiger partial charge is 0.307 e. The molecule has 0 aliphatic rings. The maximum atomic E-state index is 11.1. The Morgan fingerprint density at radius 3 is 2.35 bits per heavy atom. The zero-order chi connectivity index (χ0) is 16.6. The molecule has 3 rings (SSSR count). The van der Waals surface area contributed by atoms with E-state index in [0.717, 1.165) is 25.7 Å². The molecular weight excluding hydrogens is 409 g/mol. The SMILES string of the molecule is O=C(O)Cc1c(I)n(Cc2ccc(O)cc2)c2cc(O)ccc12. The van der Waals surface area contributed by atoms with E-state index in [4.69, 9.17) is 5.11 Å². The zero-order valence-electron chi connectivity index (χ0n) is 12.0. The van der Waals surface area contributed by atoms with E-state index in [1.165, 1.54) is 0 Å². The number of carboxylic acid groups (broad SMARTS) is 1. The second-order valence-electron chi connectivity index (χ2n) is 5.29. The number of hydrogen-bond acceptors (Lipinski definition) is 3. The number of aromatic hydroxyl groups is 2. The number of fused-ring (bicyclic) bond motifs is 1. The van der Waals surface area contributed by atoms with Crippen molar-refractivity contribution in [2.75, 3.05) is 0 Å². The molecule has 0 fully saturated rings. The average molecular weight is 423 g/mol. The number of halogens is 1. The van der Waals surface area contributed by atoms with Gasteiger partial charge in [0, 0.05) is 23.6 Å². The molecule has 0 bridgehead atoms. The van der Waals surface area contributed by atoms with Gasteiger partial charge in [-0.05, 0) is 52.4 Å². The van der Waals surface area contributed by atoms with E-state index in [1.54, 1.807) is 30.3 Å². The number of phenols is 2. The summed E-state index contributed by atoms with van der Waals surface area (Å²) in [6.45, 7) is 0.526. The van der Waals surface area contributed by atoms with Crippen molar-refractivity contribution in [2.45, 2.75) is 13.0 Å². The quantitative estimate of drug-likeness (QED) is 0.563. The van der Waals surface area contributed by atoms with Crippen molar-refractivity contribution in [3.63, 3.8) is 0 Å². The molecule has 0 unspecified atom stereocenters. The van der Waals surface area contributed by atoms with Crippen LogP contribution in [0, 0.1) is 3.70 Å². The first-order valence-corrected chi connectivity index (χ1v) is 8.03. The lowest BCUT2D eigenvalue weighted by Gasteiger charge is -2.08. The van der Waals surface area contributed by atoms with Crippen LogP contribution in [0.25, 0.3) is 10.9 Å². The lowest BCUT2D eigenvalue weighted by Crippen LogP contribution is -2.05. The highest BCUT2D eigenvalue weighted by Crippen LogP contribution is 2.31. The summed E-state index contributed by atoms with van der Waals surface area (Å²) < 4.78 is 2.80. The Balaban J connectivity index is 2.14. The van der Waals surface area contributed by atoms with E-state index < -0.39 is 5.97 Å². The Hall–Kier alpha value is -2.22. The fraction of sp³-hybridized carbons (Fsp3) is 0.118. The first-order valence-electron chi connectivity index (χ1n) is 6.95. The molecule has 2 aromatic carbocycles. The Labute approximate surface area is 145 Å². The maximum absolute atomic E-state index is 11.1. The minimum absolute atomic E-state index is 0.0673. The highest BCUT2D eigenvalue weighted by Gasteiger charge is 2.18. The van der Waals surface area contributed by atoms with Gasteiger partial charge >= 0.3 is 5.97 Å². The van der Waals surface area contributed by atoms with Crippen LogP contribution in [0.1, 0.15) is 11.1 Å². The molecular formula is C17H14INO4. The lowest BCUT2D eigenvalue weighted by molar-refractivity contribution is -0.136. The first-order chi connectivity index (χ1) is 11.0. The van der Waals surface area contributed by atoms with Crippen LogP contribution in [0.3, 0.4) is 0 Å². The molecule has 0 saturated heterocycles. The summed E-state index contributed by atoms with van der Waals surface area (Å²) >= 11 is 2.14. The van der Waals surface area contributed by atoms with Gasteiger partial charge in [-0.1, -0.05) is 12.1 Å². The third-order valence-corrected chi connectivity index (χ3v) is 4.92. The van der Waals surface area contributed by atoms with Crippen LogP contribution in [-0.2, 0) is 17.8 Å². The zero-order valence-corrected chi connectivity index (χ0v) is 14.2. The van der Waals surface area contributed by atoms with Crippen LogP contribution in [-0.4, -0.2) is 25.9 Å². The molecule has 0 atom stereocenters. The number of benzene rings is 2. The van der Waals surface area contributed by atoms with Gasteiger partial charge < -0.3 is 19.9 Å². The predicted octanol–water partition coefficient (Wildman–Crippen LogP) is 3.33. The minimum atomic E-state index is -0.889. The highest BCUT2D eigenvalue weighted by molar-refractivity contribution is 14.1. The minimum Gasteiger partial charge on any atom is -0.508 e. The number of carbonyl (C=O) groups is 1.